The number of hydrogen-bond donors (Lipinski definition) is 2. The first kappa shape index (κ1) is 24.0. The number of halogens is 1. The molecule has 180 valence electrons. The molecule has 2 N–H and O–H groups in total. The van der Waals surface area contributed by atoms with Crippen LogP contribution in [0.4, 0.5) is 0 Å². The van der Waals surface area contributed by atoms with Crippen LogP contribution in [0.2, 0.25) is 5.02 Å². The molecule has 0 aliphatic rings. The number of carbonyl (C=O) groups excluding carboxylic acids is 1. The lowest BCUT2D eigenvalue weighted by Gasteiger charge is -2.13. The van der Waals surface area contributed by atoms with E-state index in [9.17, 15) is 20.0 Å². The number of fused-ring (bicyclic) bond motifs is 1. The highest BCUT2D eigenvalue weighted by Crippen LogP contribution is 2.36. The standard InChI is InChI=1S/C30H20ClN3O3/c31-21-9-11-23(29-33-26-12-6-19(17-32)14-27(26)34-29)24(16-21)22-10-8-20(15-25(22)30(36)37)28(35)13-7-18-4-2-1-3-5-18/h1-6,8-12,14-16H,7,13H2,(H,33,34)(H,36,37). The topological polar surface area (TPSA) is 107 Å². The quantitative estimate of drug-likeness (QED) is 0.233. The van der Waals surface area contributed by atoms with Crippen molar-refractivity contribution in [2.75, 3.05) is 0 Å². The minimum absolute atomic E-state index is 0.00282. The van der Waals surface area contributed by atoms with Crippen molar-refractivity contribution in [3.8, 4) is 28.6 Å². The molecule has 0 amide bonds. The van der Waals surface area contributed by atoms with Crippen molar-refractivity contribution >= 4 is 34.4 Å². The Morgan fingerprint density at radius 2 is 1.70 bits per heavy atom. The molecular formula is C30H20ClN3O3. The summed E-state index contributed by atoms with van der Waals surface area (Å²) in [6.45, 7) is 0. The number of aryl methyl sites for hydroxylation is 1. The van der Waals surface area contributed by atoms with Crippen molar-refractivity contribution < 1.29 is 14.7 Å². The zero-order valence-corrected chi connectivity index (χ0v) is 20.3. The number of ketones is 1. The molecule has 0 spiro atoms. The van der Waals surface area contributed by atoms with E-state index in [1.807, 2.05) is 30.3 Å². The van der Waals surface area contributed by atoms with Crippen molar-refractivity contribution in [3.63, 3.8) is 0 Å². The number of nitrogens with one attached hydrogen (secondary N) is 1. The Kier molecular flexibility index (Phi) is 6.55. The van der Waals surface area contributed by atoms with Gasteiger partial charge in [-0.2, -0.15) is 5.26 Å². The summed E-state index contributed by atoms with van der Waals surface area (Å²) in [7, 11) is 0. The summed E-state index contributed by atoms with van der Waals surface area (Å²) in [5, 5.41) is 19.7. The number of hydrogen-bond acceptors (Lipinski definition) is 4. The van der Waals surface area contributed by atoms with Crippen molar-refractivity contribution in [1.29, 1.82) is 5.26 Å². The lowest BCUT2D eigenvalue weighted by Crippen LogP contribution is -2.06. The van der Waals surface area contributed by atoms with Gasteiger partial charge in [-0.05, 0) is 65.6 Å². The molecular weight excluding hydrogens is 486 g/mol. The average molecular weight is 506 g/mol. The number of H-pyrrole nitrogens is 1. The molecule has 1 aromatic heterocycles. The Balaban J connectivity index is 1.54. The summed E-state index contributed by atoms with van der Waals surface area (Å²) in [6.07, 6.45) is 0.844. The number of nitriles is 1. The molecule has 0 fully saturated rings. The molecule has 0 saturated carbocycles. The first-order chi connectivity index (χ1) is 17.9. The second-order valence-corrected chi connectivity index (χ2v) is 9.03. The predicted molar refractivity (Wildman–Crippen MR) is 143 cm³/mol. The summed E-state index contributed by atoms with van der Waals surface area (Å²) in [6, 6.07) is 26.8. The number of aromatic carboxylic acids is 1. The van der Waals surface area contributed by atoms with Crippen LogP contribution in [0.5, 0.6) is 0 Å². The summed E-state index contributed by atoms with van der Waals surface area (Å²) < 4.78 is 0. The van der Waals surface area contributed by atoms with Crippen LogP contribution in [-0.4, -0.2) is 26.8 Å². The minimum atomic E-state index is -1.15. The molecule has 0 aliphatic carbocycles. The van der Waals surface area contributed by atoms with E-state index in [2.05, 4.69) is 16.0 Å². The maximum absolute atomic E-state index is 12.9. The largest absolute Gasteiger partial charge is 0.478 e. The zero-order chi connectivity index (χ0) is 25.9. The van der Waals surface area contributed by atoms with Gasteiger partial charge in [0.05, 0.1) is 28.2 Å². The fraction of sp³-hybridized carbons (Fsp3) is 0.0667. The van der Waals surface area contributed by atoms with Gasteiger partial charge in [0.25, 0.3) is 0 Å². The molecule has 5 rings (SSSR count). The van der Waals surface area contributed by atoms with E-state index in [1.165, 1.54) is 6.07 Å². The first-order valence-corrected chi connectivity index (χ1v) is 12.0. The zero-order valence-electron chi connectivity index (χ0n) is 19.5. The Bertz CT molecular complexity index is 1700. The molecule has 0 bridgehead atoms. The van der Waals surface area contributed by atoms with Crippen LogP contribution >= 0.6 is 11.6 Å². The highest BCUT2D eigenvalue weighted by Gasteiger charge is 2.20. The van der Waals surface area contributed by atoms with Crippen LogP contribution in [0, 0.1) is 11.3 Å². The normalized spacial score (nSPS) is 10.8. The maximum Gasteiger partial charge on any atom is 0.336 e. The summed E-state index contributed by atoms with van der Waals surface area (Å²) in [5.74, 6) is -0.771. The SMILES string of the molecule is N#Cc1ccc2nc(-c3ccc(Cl)cc3-c3ccc(C(=O)CCc4ccccc4)cc3C(=O)O)[nH]c2c1. The fourth-order valence-electron chi connectivity index (χ4n) is 4.33. The minimum Gasteiger partial charge on any atom is -0.478 e. The molecule has 0 saturated heterocycles. The van der Waals surface area contributed by atoms with Crippen molar-refractivity contribution in [1.82, 2.24) is 9.97 Å². The number of carboxylic acids is 1. The molecule has 5 aromatic rings. The molecule has 37 heavy (non-hydrogen) atoms. The second-order valence-electron chi connectivity index (χ2n) is 8.59. The summed E-state index contributed by atoms with van der Waals surface area (Å²) >= 11 is 6.32. The van der Waals surface area contributed by atoms with Crippen LogP contribution in [0.3, 0.4) is 0 Å². The monoisotopic (exact) mass is 505 g/mol. The smallest absolute Gasteiger partial charge is 0.336 e. The number of carboxylic acid groups (broad SMARTS) is 1. The number of carbonyl (C=O) groups is 2. The maximum atomic E-state index is 12.9. The van der Waals surface area contributed by atoms with Gasteiger partial charge >= 0.3 is 5.97 Å². The third-order valence-electron chi connectivity index (χ3n) is 6.19. The van der Waals surface area contributed by atoms with Gasteiger partial charge < -0.3 is 10.1 Å². The Morgan fingerprint density at radius 3 is 2.46 bits per heavy atom. The second kappa shape index (κ2) is 10.1. The Labute approximate surface area is 217 Å². The van der Waals surface area contributed by atoms with E-state index >= 15 is 0 Å². The van der Waals surface area contributed by atoms with Gasteiger partial charge in [0.15, 0.2) is 5.78 Å². The van der Waals surface area contributed by atoms with Gasteiger partial charge in [-0.1, -0.05) is 54.1 Å². The third-order valence-corrected chi connectivity index (χ3v) is 6.43. The van der Waals surface area contributed by atoms with Gasteiger partial charge in [0, 0.05) is 22.6 Å². The van der Waals surface area contributed by atoms with Gasteiger partial charge in [-0.25, -0.2) is 9.78 Å². The molecule has 0 atom stereocenters. The van der Waals surface area contributed by atoms with Crippen LogP contribution < -0.4 is 0 Å². The number of aromatic nitrogens is 2. The molecule has 0 radical (unpaired) electrons. The van der Waals surface area contributed by atoms with Crippen molar-refractivity contribution in [2.24, 2.45) is 0 Å². The molecule has 4 aromatic carbocycles. The molecule has 1 heterocycles. The lowest BCUT2D eigenvalue weighted by molar-refractivity contribution is 0.0697. The number of nitrogens with zero attached hydrogens (tertiary/aromatic N) is 2. The molecule has 0 unspecified atom stereocenters. The summed E-state index contributed by atoms with van der Waals surface area (Å²) in [5.41, 5.74) is 4.87. The van der Waals surface area contributed by atoms with Crippen LogP contribution in [0.25, 0.3) is 33.5 Å². The van der Waals surface area contributed by atoms with Gasteiger partial charge in [-0.15, -0.1) is 0 Å². The van der Waals surface area contributed by atoms with Crippen molar-refractivity contribution in [3.05, 3.63) is 112 Å². The van der Waals surface area contributed by atoms with E-state index in [0.717, 1.165) is 5.56 Å². The van der Waals surface area contributed by atoms with Crippen LogP contribution in [0.1, 0.15) is 38.3 Å². The molecule has 7 heteroatoms. The Morgan fingerprint density at radius 1 is 0.919 bits per heavy atom. The van der Waals surface area contributed by atoms with Gasteiger partial charge in [0.2, 0.25) is 0 Å². The van der Waals surface area contributed by atoms with E-state index in [4.69, 9.17) is 11.6 Å². The highest BCUT2D eigenvalue weighted by molar-refractivity contribution is 6.31. The first-order valence-electron chi connectivity index (χ1n) is 11.6. The number of imidazole rings is 1. The Hall–Kier alpha value is -4.73. The van der Waals surface area contributed by atoms with Gasteiger partial charge in [-0.3, -0.25) is 4.79 Å². The fourth-order valence-corrected chi connectivity index (χ4v) is 4.50. The van der Waals surface area contributed by atoms with E-state index in [0.29, 0.717) is 56.1 Å². The number of rotatable bonds is 7. The molecule has 6 nitrogen and oxygen atoms in total. The van der Waals surface area contributed by atoms with E-state index in [1.54, 1.807) is 48.5 Å². The summed E-state index contributed by atoms with van der Waals surface area (Å²) in [4.78, 5) is 33.0. The molecule has 0 aliphatic heterocycles. The average Bonchev–Trinajstić information content (AvgIpc) is 3.35. The lowest BCUT2D eigenvalue weighted by atomic mass is 9.92. The third kappa shape index (κ3) is 4.99. The van der Waals surface area contributed by atoms with Crippen LogP contribution in [0.15, 0.2) is 84.9 Å². The highest BCUT2D eigenvalue weighted by atomic mass is 35.5. The number of Topliss-reactive ketones (excluding diaryl/α,β-unsaturated/α-hetero) is 1. The van der Waals surface area contributed by atoms with Crippen molar-refractivity contribution in [2.45, 2.75) is 12.8 Å². The predicted octanol–water partition coefficient (Wildman–Crippen LogP) is 6.94. The number of benzene rings is 4. The number of aromatic amines is 1. The van der Waals surface area contributed by atoms with Crippen LogP contribution in [-0.2, 0) is 6.42 Å². The van der Waals surface area contributed by atoms with E-state index in [-0.39, 0.29) is 17.8 Å². The van der Waals surface area contributed by atoms with Gasteiger partial charge in [0.1, 0.15) is 5.82 Å². The van der Waals surface area contributed by atoms with E-state index < -0.39 is 5.97 Å².